The Bertz CT molecular complexity index is 295. The predicted molar refractivity (Wildman–Crippen MR) is 48.4 cm³/mol. The van der Waals surface area contributed by atoms with Gasteiger partial charge in [-0.25, -0.2) is 9.78 Å². The fourth-order valence-corrected chi connectivity index (χ4v) is 0.987. The van der Waals surface area contributed by atoms with Gasteiger partial charge in [0.05, 0.1) is 0 Å². The molecule has 0 amide bonds. The summed E-state index contributed by atoms with van der Waals surface area (Å²) in [7, 11) is 0. The van der Waals surface area contributed by atoms with Crippen LogP contribution in [0.3, 0.4) is 0 Å². The second-order valence-corrected chi connectivity index (χ2v) is 2.80. The minimum atomic E-state index is -1.02. The van der Waals surface area contributed by atoms with Crippen LogP contribution >= 0.6 is 0 Å². The lowest BCUT2D eigenvalue weighted by Gasteiger charge is -2.07. The van der Waals surface area contributed by atoms with Crippen LogP contribution < -0.4 is 5.73 Å². The molecule has 4 nitrogen and oxygen atoms in total. The van der Waals surface area contributed by atoms with Crippen LogP contribution in [0, 0.1) is 0 Å². The summed E-state index contributed by atoms with van der Waals surface area (Å²) >= 11 is 0. The summed E-state index contributed by atoms with van der Waals surface area (Å²) in [6.07, 6.45) is 2.33. The number of aromatic nitrogens is 1. The normalized spacial score (nSPS) is 12.5. The van der Waals surface area contributed by atoms with E-state index in [1.807, 2.05) is 6.92 Å². The lowest BCUT2D eigenvalue weighted by molar-refractivity contribution is 0.0690. The second-order valence-electron chi connectivity index (χ2n) is 2.80. The Morgan fingerprint density at radius 3 is 2.77 bits per heavy atom. The van der Waals surface area contributed by atoms with Crippen molar-refractivity contribution in [1.82, 2.24) is 4.98 Å². The van der Waals surface area contributed by atoms with Crippen molar-refractivity contribution >= 4 is 5.97 Å². The molecule has 70 valence electrons. The van der Waals surface area contributed by atoms with E-state index >= 15 is 0 Å². The van der Waals surface area contributed by atoms with Crippen LogP contribution in [0.4, 0.5) is 0 Å². The summed E-state index contributed by atoms with van der Waals surface area (Å²) in [6, 6.07) is 3.10. The molecule has 0 saturated heterocycles. The predicted octanol–water partition coefficient (Wildman–Crippen LogP) is 1.19. The average molecular weight is 180 g/mol. The van der Waals surface area contributed by atoms with Gasteiger partial charge in [-0.2, -0.15) is 0 Å². The molecule has 0 aliphatic carbocycles. The number of carbonyl (C=O) groups is 1. The Morgan fingerprint density at radius 1 is 1.69 bits per heavy atom. The van der Waals surface area contributed by atoms with E-state index in [1.165, 1.54) is 12.3 Å². The lowest BCUT2D eigenvalue weighted by atomic mass is 10.1. The highest BCUT2D eigenvalue weighted by molar-refractivity contribution is 5.85. The summed E-state index contributed by atoms with van der Waals surface area (Å²) in [5.74, 6) is -1.02. The number of rotatable bonds is 3. The molecule has 0 radical (unpaired) electrons. The van der Waals surface area contributed by atoms with Gasteiger partial charge in [-0.15, -0.1) is 0 Å². The Kier molecular flexibility index (Phi) is 2.97. The van der Waals surface area contributed by atoms with Crippen LogP contribution in [-0.2, 0) is 0 Å². The fraction of sp³-hybridized carbons (Fsp3) is 0.333. The Morgan fingerprint density at radius 2 is 2.38 bits per heavy atom. The van der Waals surface area contributed by atoms with Crippen molar-refractivity contribution in [1.29, 1.82) is 0 Å². The van der Waals surface area contributed by atoms with E-state index in [-0.39, 0.29) is 11.7 Å². The number of hydrogen-bond donors (Lipinski definition) is 2. The summed E-state index contributed by atoms with van der Waals surface area (Å²) in [5.41, 5.74) is 6.65. The highest BCUT2D eigenvalue weighted by atomic mass is 16.4. The zero-order valence-electron chi connectivity index (χ0n) is 7.40. The first-order chi connectivity index (χ1) is 6.15. The monoisotopic (exact) mass is 180 g/mol. The van der Waals surface area contributed by atoms with Crippen LogP contribution in [0.1, 0.15) is 35.4 Å². The van der Waals surface area contributed by atoms with Crippen molar-refractivity contribution in [2.24, 2.45) is 5.73 Å². The molecule has 3 N–H and O–H groups in total. The molecule has 0 aliphatic rings. The molecule has 13 heavy (non-hydrogen) atoms. The molecule has 0 spiro atoms. The summed E-state index contributed by atoms with van der Waals surface area (Å²) in [6.45, 7) is 1.97. The number of nitrogens with zero attached hydrogens (tertiary/aromatic N) is 1. The molecule has 1 atom stereocenters. The van der Waals surface area contributed by atoms with Gasteiger partial charge in [-0.3, -0.25) is 0 Å². The summed E-state index contributed by atoms with van der Waals surface area (Å²) in [4.78, 5) is 14.2. The van der Waals surface area contributed by atoms with E-state index in [9.17, 15) is 4.79 Å². The van der Waals surface area contributed by atoms with Crippen LogP contribution in [-0.4, -0.2) is 16.1 Å². The maximum atomic E-state index is 10.5. The first kappa shape index (κ1) is 9.67. The molecule has 0 aromatic carbocycles. The Labute approximate surface area is 76.4 Å². The van der Waals surface area contributed by atoms with Crippen molar-refractivity contribution in [3.63, 3.8) is 0 Å². The quantitative estimate of drug-likeness (QED) is 0.732. The summed E-state index contributed by atoms with van der Waals surface area (Å²) < 4.78 is 0. The van der Waals surface area contributed by atoms with E-state index in [2.05, 4.69) is 4.98 Å². The number of carboxylic acid groups (broad SMARTS) is 1. The topological polar surface area (TPSA) is 76.2 Å². The highest BCUT2D eigenvalue weighted by Crippen LogP contribution is 2.12. The second kappa shape index (κ2) is 4.00. The molecule has 0 saturated carbocycles. The van der Waals surface area contributed by atoms with Crippen LogP contribution in [0.2, 0.25) is 0 Å². The van der Waals surface area contributed by atoms with Gasteiger partial charge in [0.1, 0.15) is 5.69 Å². The van der Waals surface area contributed by atoms with Crippen molar-refractivity contribution < 1.29 is 9.90 Å². The molecule has 1 aromatic heterocycles. The minimum Gasteiger partial charge on any atom is -0.477 e. The smallest absolute Gasteiger partial charge is 0.354 e. The van der Waals surface area contributed by atoms with E-state index in [1.54, 1.807) is 6.07 Å². The molecule has 1 heterocycles. The van der Waals surface area contributed by atoms with Gasteiger partial charge >= 0.3 is 5.97 Å². The van der Waals surface area contributed by atoms with Gasteiger partial charge in [0.15, 0.2) is 0 Å². The van der Waals surface area contributed by atoms with Crippen LogP contribution in [0.25, 0.3) is 0 Å². The highest BCUT2D eigenvalue weighted by Gasteiger charge is 2.06. The SMILES string of the molecule is CC[C@@H](N)c1ccc(C(=O)O)nc1. The third-order valence-electron chi connectivity index (χ3n) is 1.87. The number of nitrogens with two attached hydrogens (primary N) is 1. The van der Waals surface area contributed by atoms with E-state index in [4.69, 9.17) is 10.8 Å². The molecule has 1 rings (SSSR count). The number of carboxylic acids is 1. The maximum Gasteiger partial charge on any atom is 0.354 e. The Hall–Kier alpha value is -1.42. The standard InChI is InChI=1S/C9H12N2O2/c1-2-7(10)6-3-4-8(9(12)13)11-5-6/h3-5,7H,2,10H2,1H3,(H,12,13)/t7-/m1/s1. The lowest BCUT2D eigenvalue weighted by Crippen LogP contribution is -2.10. The number of hydrogen-bond acceptors (Lipinski definition) is 3. The van der Waals surface area contributed by atoms with Gasteiger partial charge in [-0.05, 0) is 18.1 Å². The van der Waals surface area contributed by atoms with Crippen LogP contribution in [0.5, 0.6) is 0 Å². The fourth-order valence-electron chi connectivity index (χ4n) is 0.987. The van der Waals surface area contributed by atoms with Gasteiger partial charge in [0.25, 0.3) is 0 Å². The molecule has 0 fully saturated rings. The maximum absolute atomic E-state index is 10.5. The summed E-state index contributed by atoms with van der Waals surface area (Å²) in [5, 5.41) is 8.58. The number of pyridine rings is 1. The first-order valence-electron chi connectivity index (χ1n) is 4.10. The molecule has 0 bridgehead atoms. The van der Waals surface area contributed by atoms with Crippen LogP contribution in [0.15, 0.2) is 18.3 Å². The van der Waals surface area contributed by atoms with Crippen molar-refractivity contribution in [2.75, 3.05) is 0 Å². The van der Waals surface area contributed by atoms with Gasteiger partial charge < -0.3 is 10.8 Å². The van der Waals surface area contributed by atoms with Crippen molar-refractivity contribution in [3.8, 4) is 0 Å². The molecular weight excluding hydrogens is 168 g/mol. The first-order valence-corrected chi connectivity index (χ1v) is 4.10. The van der Waals surface area contributed by atoms with Gasteiger partial charge in [0.2, 0.25) is 0 Å². The number of aromatic carboxylic acids is 1. The average Bonchev–Trinajstić information content (AvgIpc) is 2.17. The van der Waals surface area contributed by atoms with E-state index in [0.717, 1.165) is 12.0 Å². The Balaban J connectivity index is 2.87. The zero-order valence-corrected chi connectivity index (χ0v) is 7.40. The molecule has 0 aliphatic heterocycles. The molecule has 4 heteroatoms. The van der Waals surface area contributed by atoms with E-state index < -0.39 is 5.97 Å². The minimum absolute atomic E-state index is 0.0482. The molecule has 1 aromatic rings. The van der Waals surface area contributed by atoms with E-state index in [0.29, 0.717) is 0 Å². The third kappa shape index (κ3) is 2.26. The third-order valence-corrected chi connectivity index (χ3v) is 1.87. The van der Waals surface area contributed by atoms with Gasteiger partial charge in [0, 0.05) is 12.2 Å². The molecular formula is C9H12N2O2. The zero-order chi connectivity index (χ0) is 9.84. The largest absolute Gasteiger partial charge is 0.477 e. The molecule has 0 unspecified atom stereocenters. The van der Waals surface area contributed by atoms with Gasteiger partial charge in [-0.1, -0.05) is 13.0 Å². The van der Waals surface area contributed by atoms with Crippen molar-refractivity contribution in [3.05, 3.63) is 29.6 Å². The van der Waals surface area contributed by atoms with Crippen molar-refractivity contribution in [2.45, 2.75) is 19.4 Å².